The third-order valence-corrected chi connectivity index (χ3v) is 4.19. The summed E-state index contributed by atoms with van der Waals surface area (Å²) in [5.41, 5.74) is 2.21. The number of rotatable bonds is 4. The minimum Gasteiger partial charge on any atom is -0.339 e. The first kappa shape index (κ1) is 17.0. The Morgan fingerprint density at radius 3 is 2.63 bits per heavy atom. The van der Waals surface area contributed by atoms with Gasteiger partial charge in [0.1, 0.15) is 17.0 Å². The average molecular weight is 375 g/mol. The Kier molecular flexibility index (Phi) is 4.68. The zero-order chi connectivity index (χ0) is 18.6. The minimum atomic E-state index is -0.204. The van der Waals surface area contributed by atoms with Gasteiger partial charge in [0.15, 0.2) is 0 Å². The molecule has 1 N–H and O–H groups in total. The molecule has 0 spiro atoms. The quantitative estimate of drug-likeness (QED) is 0.520. The third-order valence-electron chi connectivity index (χ3n) is 3.96. The van der Waals surface area contributed by atoms with Gasteiger partial charge in [-0.25, -0.2) is 4.98 Å². The van der Waals surface area contributed by atoms with Crippen LogP contribution >= 0.6 is 11.6 Å². The van der Waals surface area contributed by atoms with Crippen molar-refractivity contribution in [1.82, 2.24) is 9.38 Å². The van der Waals surface area contributed by atoms with Gasteiger partial charge in [-0.1, -0.05) is 41.9 Å². The maximum atomic E-state index is 13.0. The fraction of sp³-hybridized carbons (Fsp3) is 0. The molecule has 132 valence electrons. The van der Waals surface area contributed by atoms with Crippen LogP contribution in [0.25, 0.3) is 5.65 Å². The first-order chi connectivity index (χ1) is 13.2. The van der Waals surface area contributed by atoms with Gasteiger partial charge < -0.3 is 5.32 Å². The van der Waals surface area contributed by atoms with E-state index in [1.807, 2.05) is 48.5 Å². The predicted molar refractivity (Wildman–Crippen MR) is 110 cm³/mol. The summed E-state index contributed by atoms with van der Waals surface area (Å²) >= 11 is 6.01. The van der Waals surface area contributed by atoms with E-state index in [1.54, 1.807) is 30.5 Å². The number of hydrogen-bond acceptors (Lipinski definition) is 4. The van der Waals surface area contributed by atoms with Crippen LogP contribution in [0.5, 0.6) is 0 Å². The maximum absolute atomic E-state index is 13.0. The predicted octanol–water partition coefficient (Wildman–Crippen LogP) is 4.84. The normalized spacial score (nSPS) is 11.1. The number of aliphatic imine (C=N–C) groups is 1. The Morgan fingerprint density at radius 2 is 1.81 bits per heavy atom. The van der Waals surface area contributed by atoms with E-state index in [0.717, 1.165) is 5.69 Å². The van der Waals surface area contributed by atoms with Crippen molar-refractivity contribution in [3.63, 3.8) is 0 Å². The number of nitrogens with one attached hydrogen (secondary N) is 1. The Labute approximate surface area is 160 Å². The number of fused-ring (bicyclic) bond motifs is 1. The molecule has 0 saturated carbocycles. The second kappa shape index (κ2) is 7.43. The van der Waals surface area contributed by atoms with Crippen molar-refractivity contribution in [1.29, 1.82) is 0 Å². The van der Waals surface area contributed by atoms with E-state index in [-0.39, 0.29) is 5.56 Å². The molecule has 0 aliphatic heterocycles. The van der Waals surface area contributed by atoms with Crippen LogP contribution in [0.3, 0.4) is 0 Å². The summed E-state index contributed by atoms with van der Waals surface area (Å²) in [6.07, 6.45) is 3.21. The largest absolute Gasteiger partial charge is 0.339 e. The lowest BCUT2D eigenvalue weighted by Crippen LogP contribution is -2.21. The van der Waals surface area contributed by atoms with Gasteiger partial charge in [0, 0.05) is 23.1 Å². The van der Waals surface area contributed by atoms with E-state index in [0.29, 0.717) is 27.7 Å². The lowest BCUT2D eigenvalue weighted by atomic mass is 10.2. The molecular weight excluding hydrogens is 360 g/mol. The molecule has 4 aromatic rings. The van der Waals surface area contributed by atoms with Crippen LogP contribution in [-0.4, -0.2) is 15.6 Å². The summed E-state index contributed by atoms with van der Waals surface area (Å²) in [6, 6.07) is 22.1. The highest BCUT2D eigenvalue weighted by Crippen LogP contribution is 2.20. The molecule has 6 heteroatoms. The monoisotopic (exact) mass is 374 g/mol. The molecule has 0 radical (unpaired) electrons. The number of hydrogen-bond donors (Lipinski definition) is 1. The fourth-order valence-corrected chi connectivity index (χ4v) is 2.85. The summed E-state index contributed by atoms with van der Waals surface area (Å²) in [4.78, 5) is 22.0. The second-order valence-corrected chi connectivity index (χ2v) is 6.27. The summed E-state index contributed by atoms with van der Waals surface area (Å²) in [6.45, 7) is 0. The van der Waals surface area contributed by atoms with E-state index < -0.39 is 0 Å². The van der Waals surface area contributed by atoms with Gasteiger partial charge in [-0.15, -0.1) is 0 Å². The van der Waals surface area contributed by atoms with Crippen LogP contribution in [0.4, 0.5) is 17.2 Å². The van der Waals surface area contributed by atoms with Gasteiger partial charge in [-0.05, 0) is 42.5 Å². The standard InChI is InChI=1S/C21H15ClN4O/c22-15-7-6-10-17(13-15)23-14-18-20(24-16-8-2-1-3-9-16)25-19-11-4-5-12-26(19)21(18)27/h1-14,24H. The molecule has 0 fully saturated rings. The zero-order valence-corrected chi connectivity index (χ0v) is 15.0. The van der Waals surface area contributed by atoms with E-state index in [1.165, 1.54) is 10.6 Å². The molecule has 0 atom stereocenters. The second-order valence-electron chi connectivity index (χ2n) is 5.84. The first-order valence-corrected chi connectivity index (χ1v) is 8.71. The molecule has 0 aliphatic carbocycles. The molecule has 5 nitrogen and oxygen atoms in total. The molecule has 4 rings (SSSR count). The lowest BCUT2D eigenvalue weighted by molar-refractivity contribution is 1.04. The van der Waals surface area contributed by atoms with E-state index >= 15 is 0 Å². The van der Waals surface area contributed by atoms with Crippen molar-refractivity contribution in [3.8, 4) is 0 Å². The summed E-state index contributed by atoms with van der Waals surface area (Å²) in [5, 5.41) is 3.80. The fourth-order valence-electron chi connectivity index (χ4n) is 2.67. The summed E-state index contributed by atoms with van der Waals surface area (Å²) in [7, 11) is 0. The van der Waals surface area contributed by atoms with Gasteiger partial charge in [0.2, 0.25) is 0 Å². The molecule has 2 aromatic heterocycles. The number of halogens is 1. The minimum absolute atomic E-state index is 0.204. The average Bonchev–Trinajstić information content (AvgIpc) is 2.69. The van der Waals surface area contributed by atoms with Crippen LogP contribution in [0.2, 0.25) is 5.02 Å². The highest BCUT2D eigenvalue weighted by atomic mass is 35.5. The molecule has 27 heavy (non-hydrogen) atoms. The van der Waals surface area contributed by atoms with Gasteiger partial charge in [0.05, 0.1) is 5.69 Å². The van der Waals surface area contributed by atoms with E-state index in [4.69, 9.17) is 11.6 Å². The topological polar surface area (TPSA) is 58.8 Å². The molecule has 2 aromatic carbocycles. The molecule has 0 aliphatic rings. The smallest absolute Gasteiger partial charge is 0.268 e. The Balaban J connectivity index is 1.84. The third kappa shape index (κ3) is 3.73. The van der Waals surface area contributed by atoms with Crippen molar-refractivity contribution in [2.75, 3.05) is 5.32 Å². The van der Waals surface area contributed by atoms with Crippen molar-refractivity contribution >= 4 is 40.7 Å². The molecule has 2 heterocycles. The highest BCUT2D eigenvalue weighted by molar-refractivity contribution is 6.30. The molecular formula is C21H15ClN4O. The van der Waals surface area contributed by atoms with Crippen LogP contribution in [0.15, 0.2) is 88.8 Å². The SMILES string of the molecule is O=c1c(C=Nc2cccc(Cl)c2)c(Nc2ccccc2)nc2ccccn12. The Morgan fingerprint density at radius 1 is 1.00 bits per heavy atom. The lowest BCUT2D eigenvalue weighted by Gasteiger charge is -2.10. The number of pyridine rings is 1. The van der Waals surface area contributed by atoms with Crippen molar-refractivity contribution in [2.45, 2.75) is 0 Å². The molecule has 0 amide bonds. The number of para-hydroxylation sites is 1. The maximum Gasteiger partial charge on any atom is 0.268 e. The Bertz CT molecular complexity index is 1190. The zero-order valence-electron chi connectivity index (χ0n) is 14.2. The summed E-state index contributed by atoms with van der Waals surface area (Å²) < 4.78 is 1.50. The number of aromatic nitrogens is 2. The van der Waals surface area contributed by atoms with Crippen molar-refractivity contribution in [3.05, 3.63) is 99.9 Å². The van der Waals surface area contributed by atoms with E-state index in [2.05, 4.69) is 15.3 Å². The van der Waals surface area contributed by atoms with Crippen LogP contribution < -0.4 is 10.9 Å². The highest BCUT2D eigenvalue weighted by Gasteiger charge is 2.11. The number of benzene rings is 2. The van der Waals surface area contributed by atoms with Crippen LogP contribution in [-0.2, 0) is 0 Å². The number of anilines is 2. The van der Waals surface area contributed by atoms with Gasteiger partial charge in [0.25, 0.3) is 5.56 Å². The van der Waals surface area contributed by atoms with Gasteiger partial charge in [-0.2, -0.15) is 0 Å². The van der Waals surface area contributed by atoms with Crippen molar-refractivity contribution < 1.29 is 0 Å². The van der Waals surface area contributed by atoms with Gasteiger partial charge in [-0.3, -0.25) is 14.2 Å². The van der Waals surface area contributed by atoms with Crippen LogP contribution in [0, 0.1) is 0 Å². The molecule has 0 saturated heterocycles. The van der Waals surface area contributed by atoms with Gasteiger partial charge >= 0.3 is 0 Å². The Hall–Kier alpha value is -3.44. The summed E-state index contributed by atoms with van der Waals surface area (Å²) in [5.74, 6) is 0.447. The molecule has 0 bridgehead atoms. The van der Waals surface area contributed by atoms with Crippen LogP contribution in [0.1, 0.15) is 5.56 Å². The van der Waals surface area contributed by atoms with Crippen molar-refractivity contribution in [2.24, 2.45) is 4.99 Å². The molecule has 0 unspecified atom stereocenters. The number of nitrogens with zero attached hydrogens (tertiary/aromatic N) is 3. The van der Waals surface area contributed by atoms with E-state index in [9.17, 15) is 4.79 Å². The first-order valence-electron chi connectivity index (χ1n) is 8.34.